The lowest BCUT2D eigenvalue weighted by molar-refractivity contribution is 0.0955. The van der Waals surface area contributed by atoms with Crippen molar-refractivity contribution in [3.63, 3.8) is 0 Å². The minimum Gasteiger partial charge on any atom is -0.485 e. The quantitative estimate of drug-likeness (QED) is 0.699. The van der Waals surface area contributed by atoms with Gasteiger partial charge in [-0.15, -0.1) is 0 Å². The third-order valence-electron chi connectivity index (χ3n) is 3.34. The fraction of sp³-hybridized carbons (Fsp3) is 0.118. The first-order chi connectivity index (χ1) is 10.7. The Morgan fingerprint density at radius 3 is 2.86 bits per heavy atom. The summed E-state index contributed by atoms with van der Waals surface area (Å²) in [5.74, 6) is 0.581. The van der Waals surface area contributed by atoms with Crippen LogP contribution in [0.4, 0.5) is 0 Å². The van der Waals surface area contributed by atoms with Crippen molar-refractivity contribution in [1.82, 2.24) is 10.4 Å². The molecule has 5 heteroatoms. The van der Waals surface area contributed by atoms with E-state index in [9.17, 15) is 4.79 Å². The zero-order valence-electron chi connectivity index (χ0n) is 12.1. The molecule has 2 aromatic rings. The molecule has 3 rings (SSSR count). The molecular weight excluding hydrogens is 278 g/mol. The number of fused-ring (bicyclic) bond motifs is 1. The van der Waals surface area contributed by atoms with Gasteiger partial charge in [-0.3, -0.25) is 9.78 Å². The van der Waals surface area contributed by atoms with Gasteiger partial charge < -0.3 is 4.74 Å². The number of nitrogens with zero attached hydrogens (tertiary/aromatic N) is 2. The maximum absolute atomic E-state index is 11.9. The van der Waals surface area contributed by atoms with E-state index in [0.29, 0.717) is 5.56 Å². The molecule has 0 radical (unpaired) electrons. The lowest BCUT2D eigenvalue weighted by atomic mass is 10.0. The maximum atomic E-state index is 11.9. The van der Waals surface area contributed by atoms with Gasteiger partial charge in [-0.1, -0.05) is 18.2 Å². The van der Waals surface area contributed by atoms with Gasteiger partial charge >= 0.3 is 0 Å². The lowest BCUT2D eigenvalue weighted by Gasteiger charge is -2.22. The monoisotopic (exact) mass is 293 g/mol. The summed E-state index contributed by atoms with van der Waals surface area (Å²) >= 11 is 0. The molecule has 1 amide bonds. The smallest absolute Gasteiger partial charge is 0.271 e. The molecule has 1 atom stereocenters. The zero-order chi connectivity index (χ0) is 15.4. The average molecular weight is 293 g/mol. The minimum atomic E-state index is -0.274. The van der Waals surface area contributed by atoms with Crippen LogP contribution < -0.4 is 10.2 Å². The number of aromatic nitrogens is 1. The summed E-state index contributed by atoms with van der Waals surface area (Å²) in [5.41, 5.74) is 4.91. The molecule has 1 N–H and O–H groups in total. The van der Waals surface area contributed by atoms with Crippen LogP contribution in [0.2, 0.25) is 0 Å². The zero-order valence-corrected chi connectivity index (χ0v) is 12.1. The van der Waals surface area contributed by atoms with Crippen LogP contribution in [0.1, 0.15) is 22.8 Å². The van der Waals surface area contributed by atoms with Crippen LogP contribution in [0.3, 0.4) is 0 Å². The fourth-order valence-electron chi connectivity index (χ4n) is 2.14. The molecule has 1 aromatic carbocycles. The number of hydrazone groups is 1. The van der Waals surface area contributed by atoms with E-state index in [1.807, 2.05) is 37.3 Å². The van der Waals surface area contributed by atoms with Crippen LogP contribution in [0.25, 0.3) is 6.08 Å². The van der Waals surface area contributed by atoms with Gasteiger partial charge in [0.05, 0.1) is 6.21 Å². The van der Waals surface area contributed by atoms with Crippen LogP contribution in [0.5, 0.6) is 5.75 Å². The number of para-hydroxylation sites is 1. The third kappa shape index (κ3) is 3.03. The van der Waals surface area contributed by atoms with Crippen molar-refractivity contribution in [2.45, 2.75) is 13.0 Å². The first kappa shape index (κ1) is 14.0. The Hall–Kier alpha value is -2.95. The van der Waals surface area contributed by atoms with E-state index < -0.39 is 0 Å². The molecule has 0 spiro atoms. The normalized spacial score (nSPS) is 16.6. The Labute approximate surface area is 128 Å². The SMILES string of the molecule is C[C@@H]1Oc2ccccc2C=C1/C=N\NC(=O)c1ccncc1. The number of nitrogens with one attached hydrogen (secondary N) is 1. The second kappa shape index (κ2) is 6.22. The molecular formula is C17H15N3O2. The van der Waals surface area contributed by atoms with Gasteiger partial charge in [0, 0.05) is 29.1 Å². The van der Waals surface area contributed by atoms with Crippen molar-refractivity contribution in [3.8, 4) is 5.75 Å². The summed E-state index contributed by atoms with van der Waals surface area (Å²) < 4.78 is 5.81. The highest BCUT2D eigenvalue weighted by Crippen LogP contribution is 2.28. The van der Waals surface area contributed by atoms with Gasteiger partial charge in [-0.25, -0.2) is 5.43 Å². The molecule has 0 fully saturated rings. The van der Waals surface area contributed by atoms with E-state index in [0.717, 1.165) is 16.9 Å². The molecule has 1 aliphatic heterocycles. The molecule has 0 bridgehead atoms. The van der Waals surface area contributed by atoms with Crippen molar-refractivity contribution in [3.05, 3.63) is 65.5 Å². The van der Waals surface area contributed by atoms with Crippen LogP contribution in [0.15, 0.2) is 59.5 Å². The topological polar surface area (TPSA) is 63.6 Å². The summed E-state index contributed by atoms with van der Waals surface area (Å²) in [4.78, 5) is 15.7. The van der Waals surface area contributed by atoms with Gasteiger partial charge in [0.25, 0.3) is 5.91 Å². The second-order valence-electron chi connectivity index (χ2n) is 4.88. The van der Waals surface area contributed by atoms with Crippen molar-refractivity contribution < 1.29 is 9.53 Å². The Kier molecular flexibility index (Phi) is 3.96. The van der Waals surface area contributed by atoms with Gasteiger partial charge in [-0.05, 0) is 31.2 Å². The van der Waals surface area contributed by atoms with Crippen LogP contribution in [0, 0.1) is 0 Å². The summed E-state index contributed by atoms with van der Waals surface area (Å²) in [7, 11) is 0. The number of hydrogen-bond donors (Lipinski definition) is 1. The molecule has 0 aliphatic carbocycles. The fourth-order valence-corrected chi connectivity index (χ4v) is 2.14. The lowest BCUT2D eigenvalue weighted by Crippen LogP contribution is -2.22. The number of ether oxygens (including phenoxy) is 1. The first-order valence-electron chi connectivity index (χ1n) is 6.95. The van der Waals surface area contributed by atoms with Crippen LogP contribution in [-0.4, -0.2) is 23.2 Å². The molecule has 2 heterocycles. The predicted octanol–water partition coefficient (Wildman–Crippen LogP) is 2.66. The van der Waals surface area contributed by atoms with Gasteiger partial charge in [0.15, 0.2) is 0 Å². The molecule has 1 aromatic heterocycles. The van der Waals surface area contributed by atoms with Crippen LogP contribution >= 0.6 is 0 Å². The predicted molar refractivity (Wildman–Crippen MR) is 84.7 cm³/mol. The largest absolute Gasteiger partial charge is 0.485 e. The highest BCUT2D eigenvalue weighted by Gasteiger charge is 2.16. The number of carbonyl (C=O) groups is 1. The molecule has 0 saturated carbocycles. The summed E-state index contributed by atoms with van der Waals surface area (Å²) in [5, 5.41) is 4.00. The average Bonchev–Trinajstić information content (AvgIpc) is 2.56. The highest BCUT2D eigenvalue weighted by molar-refractivity contribution is 5.95. The second-order valence-corrected chi connectivity index (χ2v) is 4.88. The summed E-state index contributed by atoms with van der Waals surface area (Å²) in [6.07, 6.45) is 6.63. The van der Waals surface area contributed by atoms with E-state index in [-0.39, 0.29) is 12.0 Å². The number of benzene rings is 1. The molecule has 22 heavy (non-hydrogen) atoms. The number of hydrogen-bond acceptors (Lipinski definition) is 4. The molecule has 0 saturated heterocycles. The van der Waals surface area contributed by atoms with Gasteiger partial charge in [-0.2, -0.15) is 5.10 Å². The number of amides is 1. The number of pyridine rings is 1. The standard InChI is InChI=1S/C17H15N3O2/c1-12-15(10-14-4-2-3-5-16(14)22-12)11-19-20-17(21)13-6-8-18-9-7-13/h2-12H,1H3,(H,20,21)/b19-11-/t12-/m0/s1. The van der Waals surface area contributed by atoms with Crippen molar-refractivity contribution in [2.24, 2.45) is 5.10 Å². The first-order valence-corrected chi connectivity index (χ1v) is 6.95. The summed E-state index contributed by atoms with van der Waals surface area (Å²) in [6, 6.07) is 11.1. The third-order valence-corrected chi connectivity index (χ3v) is 3.34. The van der Waals surface area contributed by atoms with E-state index in [1.165, 1.54) is 0 Å². The minimum absolute atomic E-state index is 0.114. The van der Waals surface area contributed by atoms with Crippen molar-refractivity contribution in [2.75, 3.05) is 0 Å². The number of rotatable bonds is 3. The van der Waals surface area contributed by atoms with Gasteiger partial charge in [0.1, 0.15) is 11.9 Å². The Balaban J connectivity index is 1.71. The Bertz CT molecular complexity index is 739. The van der Waals surface area contributed by atoms with Crippen LogP contribution in [-0.2, 0) is 0 Å². The van der Waals surface area contributed by atoms with E-state index >= 15 is 0 Å². The molecule has 110 valence electrons. The Morgan fingerprint density at radius 2 is 2.05 bits per heavy atom. The summed E-state index contributed by atoms with van der Waals surface area (Å²) in [6.45, 7) is 1.94. The van der Waals surface area contributed by atoms with E-state index in [1.54, 1.807) is 30.7 Å². The number of carbonyl (C=O) groups excluding carboxylic acids is 1. The van der Waals surface area contributed by atoms with Crippen molar-refractivity contribution in [1.29, 1.82) is 0 Å². The molecule has 1 aliphatic rings. The molecule has 5 nitrogen and oxygen atoms in total. The van der Waals surface area contributed by atoms with Gasteiger partial charge in [0.2, 0.25) is 0 Å². The Morgan fingerprint density at radius 1 is 1.27 bits per heavy atom. The highest BCUT2D eigenvalue weighted by atomic mass is 16.5. The van der Waals surface area contributed by atoms with Crippen molar-refractivity contribution >= 4 is 18.2 Å². The molecule has 0 unspecified atom stereocenters. The van der Waals surface area contributed by atoms with E-state index in [4.69, 9.17) is 4.74 Å². The van der Waals surface area contributed by atoms with E-state index in [2.05, 4.69) is 15.5 Å². The maximum Gasteiger partial charge on any atom is 0.271 e.